The molecule has 0 radical (unpaired) electrons. The van der Waals surface area contributed by atoms with Crippen LogP contribution in [0.4, 0.5) is 0 Å². The maximum absolute atomic E-state index is 6.18. The van der Waals surface area contributed by atoms with Gasteiger partial charge in [-0.3, -0.25) is 4.90 Å². The highest BCUT2D eigenvalue weighted by atomic mass is 15.2. The summed E-state index contributed by atoms with van der Waals surface area (Å²) in [6.45, 7) is 18.2. The maximum Gasteiger partial charge on any atom is 0.0306 e. The van der Waals surface area contributed by atoms with E-state index in [-0.39, 0.29) is 5.54 Å². The van der Waals surface area contributed by atoms with Crippen LogP contribution in [0.25, 0.3) is 0 Å². The second kappa shape index (κ2) is 8.97. The first-order valence-corrected chi connectivity index (χ1v) is 8.27. The summed E-state index contributed by atoms with van der Waals surface area (Å²) in [6.07, 6.45) is 4.92. The van der Waals surface area contributed by atoms with Gasteiger partial charge >= 0.3 is 0 Å². The van der Waals surface area contributed by atoms with E-state index in [4.69, 9.17) is 5.73 Å². The molecule has 0 rings (SSSR count). The minimum Gasteiger partial charge on any atom is -0.329 e. The van der Waals surface area contributed by atoms with Gasteiger partial charge in [0.25, 0.3) is 0 Å². The molecule has 0 amide bonds. The highest BCUT2D eigenvalue weighted by molar-refractivity contribution is 4.91. The zero-order chi connectivity index (χ0) is 15.1. The van der Waals surface area contributed by atoms with Crippen LogP contribution in [0.1, 0.15) is 74.1 Å². The molecule has 1 unspecified atom stereocenters. The molecule has 0 aromatic carbocycles. The van der Waals surface area contributed by atoms with Gasteiger partial charge in [-0.25, -0.2) is 0 Å². The molecular formula is C17H38N2. The van der Waals surface area contributed by atoms with Crippen molar-refractivity contribution in [3.8, 4) is 0 Å². The molecule has 0 aromatic rings. The van der Waals surface area contributed by atoms with Crippen LogP contribution in [-0.4, -0.2) is 29.6 Å². The van der Waals surface area contributed by atoms with Crippen LogP contribution in [-0.2, 0) is 0 Å². The van der Waals surface area contributed by atoms with E-state index in [0.29, 0.717) is 12.0 Å². The van der Waals surface area contributed by atoms with Crippen LogP contribution in [0.2, 0.25) is 0 Å². The smallest absolute Gasteiger partial charge is 0.0306 e. The monoisotopic (exact) mass is 270 g/mol. The molecule has 0 spiro atoms. The van der Waals surface area contributed by atoms with Gasteiger partial charge < -0.3 is 5.73 Å². The number of nitrogens with zero attached hydrogens (tertiary/aromatic N) is 1. The predicted molar refractivity (Wildman–Crippen MR) is 87.4 cm³/mol. The highest BCUT2D eigenvalue weighted by Gasteiger charge is 2.34. The fourth-order valence-corrected chi connectivity index (χ4v) is 2.90. The predicted octanol–water partition coefficient (Wildman–Crippen LogP) is 4.29. The molecule has 0 aliphatic heterocycles. The van der Waals surface area contributed by atoms with Crippen LogP contribution in [0.3, 0.4) is 0 Å². The molecule has 2 heteroatoms. The molecule has 2 N–H and O–H groups in total. The molecule has 0 heterocycles. The Bertz CT molecular complexity index is 221. The van der Waals surface area contributed by atoms with Gasteiger partial charge in [-0.1, -0.05) is 41.5 Å². The summed E-state index contributed by atoms with van der Waals surface area (Å²) in [4.78, 5) is 2.71. The molecule has 0 saturated heterocycles. The topological polar surface area (TPSA) is 29.3 Å². The van der Waals surface area contributed by atoms with Crippen molar-refractivity contribution in [3.63, 3.8) is 0 Å². The lowest BCUT2D eigenvalue weighted by molar-refractivity contribution is 0.0343. The van der Waals surface area contributed by atoms with Crippen molar-refractivity contribution in [2.45, 2.75) is 85.7 Å². The number of hydrogen-bond donors (Lipinski definition) is 1. The molecular weight excluding hydrogens is 232 g/mol. The molecule has 0 aliphatic carbocycles. The number of rotatable bonds is 10. The summed E-state index contributed by atoms with van der Waals surface area (Å²) in [6, 6.07) is 0.670. The third-order valence-corrected chi connectivity index (χ3v) is 4.34. The van der Waals surface area contributed by atoms with E-state index in [2.05, 4.69) is 53.4 Å². The van der Waals surface area contributed by atoms with Crippen molar-refractivity contribution in [3.05, 3.63) is 0 Å². The molecule has 0 aromatic heterocycles. The molecule has 2 nitrogen and oxygen atoms in total. The van der Waals surface area contributed by atoms with E-state index >= 15 is 0 Å². The van der Waals surface area contributed by atoms with Crippen molar-refractivity contribution in [1.82, 2.24) is 4.90 Å². The van der Waals surface area contributed by atoms with Gasteiger partial charge in [-0.15, -0.1) is 0 Å². The standard InChI is InChI=1S/C17H38N2/c1-8-16(9-2)19(12-15(5)6)17(7,13-18)11-10-14(3)4/h14-16H,8-13,18H2,1-7H3. The lowest BCUT2D eigenvalue weighted by atomic mass is 9.87. The van der Waals surface area contributed by atoms with Gasteiger partial charge in [0.2, 0.25) is 0 Å². The second-order valence-electron chi connectivity index (χ2n) is 7.15. The van der Waals surface area contributed by atoms with Crippen molar-refractivity contribution >= 4 is 0 Å². The van der Waals surface area contributed by atoms with Crippen molar-refractivity contribution < 1.29 is 0 Å². The Morgan fingerprint density at radius 2 is 1.53 bits per heavy atom. The summed E-state index contributed by atoms with van der Waals surface area (Å²) in [5.74, 6) is 1.46. The van der Waals surface area contributed by atoms with Gasteiger partial charge in [0, 0.05) is 24.7 Å². The third-order valence-electron chi connectivity index (χ3n) is 4.34. The fraction of sp³-hybridized carbons (Fsp3) is 1.00. The third kappa shape index (κ3) is 6.27. The SMILES string of the molecule is CCC(CC)N(CC(C)C)C(C)(CN)CCC(C)C. The Hall–Kier alpha value is -0.0800. The van der Waals surface area contributed by atoms with Crippen molar-refractivity contribution in [1.29, 1.82) is 0 Å². The summed E-state index contributed by atoms with van der Waals surface area (Å²) in [5, 5.41) is 0. The van der Waals surface area contributed by atoms with E-state index in [1.807, 2.05) is 0 Å². The molecule has 0 saturated carbocycles. The van der Waals surface area contributed by atoms with Gasteiger partial charge in [0.05, 0.1) is 0 Å². The molecule has 0 aliphatic rings. The number of hydrogen-bond acceptors (Lipinski definition) is 2. The van der Waals surface area contributed by atoms with Gasteiger partial charge in [-0.2, -0.15) is 0 Å². The van der Waals surface area contributed by atoms with Crippen molar-refractivity contribution in [2.75, 3.05) is 13.1 Å². The average Bonchev–Trinajstić information content (AvgIpc) is 2.35. The van der Waals surface area contributed by atoms with E-state index < -0.39 is 0 Å². The Morgan fingerprint density at radius 3 is 1.84 bits per heavy atom. The quantitative estimate of drug-likeness (QED) is 0.642. The van der Waals surface area contributed by atoms with E-state index in [1.54, 1.807) is 0 Å². The fourth-order valence-electron chi connectivity index (χ4n) is 2.90. The Morgan fingerprint density at radius 1 is 1.00 bits per heavy atom. The minimum atomic E-state index is 0.158. The van der Waals surface area contributed by atoms with E-state index in [0.717, 1.165) is 19.0 Å². The van der Waals surface area contributed by atoms with Crippen LogP contribution >= 0.6 is 0 Å². The minimum absolute atomic E-state index is 0.158. The molecule has 19 heavy (non-hydrogen) atoms. The molecule has 0 bridgehead atoms. The number of nitrogens with two attached hydrogens (primary N) is 1. The average molecular weight is 271 g/mol. The van der Waals surface area contributed by atoms with E-state index in [9.17, 15) is 0 Å². The summed E-state index contributed by atoms with van der Waals surface area (Å²) in [7, 11) is 0. The Labute approximate surface area is 122 Å². The normalized spacial score (nSPS) is 15.8. The maximum atomic E-state index is 6.18. The molecule has 116 valence electrons. The second-order valence-corrected chi connectivity index (χ2v) is 7.15. The Balaban J connectivity index is 5.02. The lowest BCUT2D eigenvalue weighted by Crippen LogP contribution is -2.57. The summed E-state index contributed by atoms with van der Waals surface area (Å²) >= 11 is 0. The van der Waals surface area contributed by atoms with Crippen LogP contribution in [0, 0.1) is 11.8 Å². The molecule has 0 fully saturated rings. The largest absolute Gasteiger partial charge is 0.329 e. The van der Waals surface area contributed by atoms with Gasteiger partial charge in [0.15, 0.2) is 0 Å². The first-order chi connectivity index (χ1) is 8.80. The zero-order valence-corrected chi connectivity index (χ0v) is 14.5. The van der Waals surface area contributed by atoms with Gasteiger partial charge in [0.1, 0.15) is 0 Å². The first-order valence-electron chi connectivity index (χ1n) is 8.27. The van der Waals surface area contributed by atoms with Crippen molar-refractivity contribution in [2.24, 2.45) is 17.6 Å². The lowest BCUT2D eigenvalue weighted by Gasteiger charge is -2.46. The van der Waals surface area contributed by atoms with Crippen LogP contribution in [0.15, 0.2) is 0 Å². The Kier molecular flexibility index (Phi) is 8.93. The van der Waals surface area contributed by atoms with Gasteiger partial charge in [-0.05, 0) is 44.4 Å². The molecule has 1 atom stereocenters. The van der Waals surface area contributed by atoms with Crippen LogP contribution < -0.4 is 5.73 Å². The zero-order valence-electron chi connectivity index (χ0n) is 14.5. The summed E-state index contributed by atoms with van der Waals surface area (Å²) in [5.41, 5.74) is 6.33. The van der Waals surface area contributed by atoms with Crippen LogP contribution in [0.5, 0.6) is 0 Å². The first kappa shape index (κ1) is 18.9. The summed E-state index contributed by atoms with van der Waals surface area (Å²) < 4.78 is 0. The highest BCUT2D eigenvalue weighted by Crippen LogP contribution is 2.28. The van der Waals surface area contributed by atoms with E-state index in [1.165, 1.54) is 25.7 Å².